The first-order valence-electron chi connectivity index (χ1n) is 3.95. The summed E-state index contributed by atoms with van der Waals surface area (Å²) in [4.78, 5) is 12.0. The van der Waals surface area contributed by atoms with Crippen LogP contribution in [0.25, 0.3) is 0 Å². The third kappa shape index (κ3) is 10.3. The van der Waals surface area contributed by atoms with Crippen molar-refractivity contribution in [1.29, 1.82) is 0 Å². The van der Waals surface area contributed by atoms with Gasteiger partial charge in [-0.25, -0.2) is 0 Å². The van der Waals surface area contributed by atoms with Gasteiger partial charge in [0.15, 0.2) is 0 Å². The van der Waals surface area contributed by atoms with E-state index in [-0.39, 0.29) is 42.6 Å². The molecule has 0 aliphatic heterocycles. The van der Waals surface area contributed by atoms with Crippen molar-refractivity contribution in [2.45, 2.75) is 6.42 Å². The van der Waals surface area contributed by atoms with Crippen molar-refractivity contribution in [1.82, 2.24) is 4.90 Å². The van der Waals surface area contributed by atoms with Crippen LogP contribution in [0.4, 0.5) is 0 Å². The van der Waals surface area contributed by atoms with Crippen LogP contribution in [0.3, 0.4) is 0 Å². The Morgan fingerprint density at radius 3 is 2.31 bits per heavy atom. The van der Waals surface area contributed by atoms with Gasteiger partial charge in [0.2, 0.25) is 0 Å². The number of aliphatic hydroxyl groups excluding tert-OH is 1. The van der Waals surface area contributed by atoms with Crippen molar-refractivity contribution in [2.24, 2.45) is 5.73 Å². The average molecular weight is 200 g/mol. The SMILES string of the molecule is NCCN(CCO)CCC(=O)O.[NaH]. The van der Waals surface area contributed by atoms with Crippen LogP contribution in [0.2, 0.25) is 0 Å². The van der Waals surface area contributed by atoms with E-state index in [1.807, 2.05) is 4.90 Å². The number of hydrogen-bond acceptors (Lipinski definition) is 4. The maximum atomic E-state index is 10.2. The summed E-state index contributed by atoms with van der Waals surface area (Å²) in [5.41, 5.74) is 5.30. The first-order valence-corrected chi connectivity index (χ1v) is 3.95. The van der Waals surface area contributed by atoms with Gasteiger partial charge in [0.05, 0.1) is 13.0 Å². The molecule has 0 unspecified atom stereocenters. The van der Waals surface area contributed by atoms with Gasteiger partial charge < -0.3 is 15.9 Å². The monoisotopic (exact) mass is 200 g/mol. The molecule has 6 heteroatoms. The summed E-state index contributed by atoms with van der Waals surface area (Å²) in [5, 5.41) is 17.0. The van der Waals surface area contributed by atoms with E-state index in [1.165, 1.54) is 0 Å². The van der Waals surface area contributed by atoms with Gasteiger partial charge in [0.25, 0.3) is 0 Å². The van der Waals surface area contributed by atoms with E-state index in [1.54, 1.807) is 0 Å². The molecule has 0 aliphatic rings. The fourth-order valence-electron chi connectivity index (χ4n) is 0.913. The molecule has 0 aromatic carbocycles. The predicted molar refractivity (Wildman–Crippen MR) is 52.0 cm³/mol. The van der Waals surface area contributed by atoms with Crippen LogP contribution < -0.4 is 5.73 Å². The number of hydrogen-bond donors (Lipinski definition) is 3. The van der Waals surface area contributed by atoms with E-state index < -0.39 is 5.97 Å². The summed E-state index contributed by atoms with van der Waals surface area (Å²) in [5.74, 6) is -0.824. The molecule has 0 saturated carbocycles. The van der Waals surface area contributed by atoms with Crippen LogP contribution in [0, 0.1) is 0 Å². The standard InChI is InChI=1S/C7H16N2O3.Na.H/c8-2-4-9(5-6-10)3-1-7(11)12;;/h10H,1-6,8H2,(H,11,12);;. The zero-order valence-corrected chi connectivity index (χ0v) is 7.07. The summed E-state index contributed by atoms with van der Waals surface area (Å²) >= 11 is 0. The second-order valence-electron chi connectivity index (χ2n) is 2.50. The van der Waals surface area contributed by atoms with E-state index in [4.69, 9.17) is 15.9 Å². The number of nitrogens with two attached hydrogens (primary N) is 1. The topological polar surface area (TPSA) is 86.8 Å². The van der Waals surface area contributed by atoms with Crippen molar-refractivity contribution in [3.63, 3.8) is 0 Å². The Bertz CT molecular complexity index is 129. The molecule has 0 spiro atoms. The molecule has 0 aliphatic carbocycles. The normalized spacial score (nSPS) is 9.77. The summed E-state index contributed by atoms with van der Waals surface area (Å²) in [6.45, 7) is 2.10. The van der Waals surface area contributed by atoms with E-state index in [9.17, 15) is 4.79 Å². The van der Waals surface area contributed by atoms with Crippen LogP contribution in [-0.4, -0.2) is 83.4 Å². The molecule has 0 amide bonds. The molecule has 5 nitrogen and oxygen atoms in total. The maximum absolute atomic E-state index is 10.2. The van der Waals surface area contributed by atoms with Crippen LogP contribution >= 0.6 is 0 Å². The molecular formula is C7H17N2NaO3. The van der Waals surface area contributed by atoms with Gasteiger partial charge in [-0.15, -0.1) is 0 Å². The number of aliphatic hydroxyl groups is 1. The van der Waals surface area contributed by atoms with Crippen molar-refractivity contribution in [3.8, 4) is 0 Å². The molecule has 4 N–H and O–H groups in total. The van der Waals surface area contributed by atoms with E-state index in [2.05, 4.69) is 0 Å². The van der Waals surface area contributed by atoms with E-state index >= 15 is 0 Å². The number of carboxylic acid groups (broad SMARTS) is 1. The molecule has 0 heterocycles. The number of nitrogens with zero attached hydrogens (tertiary/aromatic N) is 1. The minimum atomic E-state index is -0.824. The third-order valence-corrected chi connectivity index (χ3v) is 1.50. The number of carboxylic acids is 1. The molecule has 13 heavy (non-hydrogen) atoms. The molecule has 0 radical (unpaired) electrons. The number of aliphatic carboxylic acids is 1. The summed E-state index contributed by atoms with van der Waals surface area (Å²) in [6, 6.07) is 0. The van der Waals surface area contributed by atoms with Crippen LogP contribution in [0.5, 0.6) is 0 Å². The molecular weight excluding hydrogens is 183 g/mol. The van der Waals surface area contributed by atoms with Crippen LogP contribution in [0.15, 0.2) is 0 Å². The number of rotatable bonds is 7. The Balaban J connectivity index is 0. The van der Waals surface area contributed by atoms with Gasteiger partial charge in [-0.3, -0.25) is 9.69 Å². The molecule has 74 valence electrons. The Morgan fingerprint density at radius 2 is 1.92 bits per heavy atom. The molecule has 0 fully saturated rings. The quantitative estimate of drug-likeness (QED) is 0.416. The van der Waals surface area contributed by atoms with Crippen molar-refractivity contribution < 1.29 is 15.0 Å². The fraction of sp³-hybridized carbons (Fsp3) is 0.857. The molecule has 0 atom stereocenters. The van der Waals surface area contributed by atoms with Crippen molar-refractivity contribution >= 4 is 35.5 Å². The first kappa shape index (κ1) is 15.8. The Hall–Kier alpha value is 0.350. The molecule has 0 aromatic rings. The Labute approximate surface area is 100 Å². The van der Waals surface area contributed by atoms with Gasteiger partial charge in [-0.05, 0) is 0 Å². The second-order valence-corrected chi connectivity index (χ2v) is 2.50. The molecule has 0 bridgehead atoms. The molecule has 0 rings (SSSR count). The van der Waals surface area contributed by atoms with Gasteiger partial charge in [-0.2, -0.15) is 0 Å². The van der Waals surface area contributed by atoms with Gasteiger partial charge in [-0.1, -0.05) is 0 Å². The van der Waals surface area contributed by atoms with E-state index in [0.29, 0.717) is 26.2 Å². The summed E-state index contributed by atoms with van der Waals surface area (Å²) in [6.07, 6.45) is 0.0972. The summed E-state index contributed by atoms with van der Waals surface area (Å²) < 4.78 is 0. The Kier molecular flexibility index (Phi) is 12.7. The first-order chi connectivity index (χ1) is 5.70. The van der Waals surface area contributed by atoms with Crippen molar-refractivity contribution in [2.75, 3.05) is 32.8 Å². The molecule has 0 aromatic heterocycles. The molecule has 0 saturated heterocycles. The van der Waals surface area contributed by atoms with Crippen LogP contribution in [0.1, 0.15) is 6.42 Å². The number of carbonyl (C=O) groups is 1. The zero-order chi connectivity index (χ0) is 9.40. The Morgan fingerprint density at radius 1 is 1.31 bits per heavy atom. The fourth-order valence-corrected chi connectivity index (χ4v) is 0.913. The average Bonchev–Trinajstić information content (AvgIpc) is 2.01. The second kappa shape index (κ2) is 10.4. The minimum absolute atomic E-state index is 0. The van der Waals surface area contributed by atoms with Gasteiger partial charge >= 0.3 is 35.5 Å². The predicted octanol–water partition coefficient (Wildman–Crippen LogP) is -1.93. The van der Waals surface area contributed by atoms with Gasteiger partial charge in [0.1, 0.15) is 0 Å². The van der Waals surface area contributed by atoms with Gasteiger partial charge in [0, 0.05) is 26.2 Å². The van der Waals surface area contributed by atoms with Crippen LogP contribution in [-0.2, 0) is 4.79 Å². The third-order valence-electron chi connectivity index (χ3n) is 1.50. The zero-order valence-electron chi connectivity index (χ0n) is 7.07. The summed E-state index contributed by atoms with van der Waals surface area (Å²) in [7, 11) is 0. The van der Waals surface area contributed by atoms with Crippen molar-refractivity contribution in [3.05, 3.63) is 0 Å². The van der Waals surface area contributed by atoms with E-state index in [0.717, 1.165) is 0 Å².